The minimum absolute atomic E-state index is 0.227. The van der Waals surface area contributed by atoms with Gasteiger partial charge in [-0.25, -0.2) is 13.8 Å². The quantitative estimate of drug-likeness (QED) is 0.874. The maximum Gasteiger partial charge on any atom is 0.127 e. The van der Waals surface area contributed by atoms with Crippen molar-refractivity contribution in [1.29, 1.82) is 0 Å². The van der Waals surface area contributed by atoms with E-state index in [1.165, 1.54) is 23.9 Å². The van der Waals surface area contributed by atoms with E-state index in [0.717, 1.165) is 29.2 Å². The Morgan fingerprint density at radius 2 is 1.86 bits per heavy atom. The van der Waals surface area contributed by atoms with Crippen LogP contribution in [0.4, 0.5) is 8.78 Å². The molecular formula is C16H21F2N3S. The summed E-state index contributed by atoms with van der Waals surface area (Å²) in [6.07, 6.45) is 0.686. The van der Waals surface area contributed by atoms with Crippen molar-refractivity contribution in [3.05, 3.63) is 41.4 Å². The Hall–Kier alpha value is -1.40. The largest absolute Gasteiger partial charge is 0.330 e. The molecule has 120 valence electrons. The molecule has 2 N–H and O–H groups in total. The fourth-order valence-electron chi connectivity index (χ4n) is 2.33. The molecule has 0 aliphatic heterocycles. The molecule has 0 spiro atoms. The molecule has 0 fully saturated rings. The first kappa shape index (κ1) is 17.0. The molecule has 22 heavy (non-hydrogen) atoms. The van der Waals surface area contributed by atoms with Crippen molar-refractivity contribution >= 4 is 11.8 Å². The van der Waals surface area contributed by atoms with Crippen molar-refractivity contribution in [2.45, 2.75) is 49.6 Å². The Morgan fingerprint density at radius 3 is 2.36 bits per heavy atom. The van der Waals surface area contributed by atoms with Crippen LogP contribution < -0.4 is 5.73 Å². The van der Waals surface area contributed by atoms with Gasteiger partial charge in [-0.15, -0.1) is 0 Å². The molecular weight excluding hydrogens is 304 g/mol. The highest BCUT2D eigenvalue weighted by Gasteiger charge is 2.19. The average molecular weight is 325 g/mol. The number of rotatable bonds is 6. The fraction of sp³-hybridized carbons (Fsp3) is 0.438. The Bertz CT molecular complexity index is 633. The summed E-state index contributed by atoms with van der Waals surface area (Å²) >= 11 is 1.35. The zero-order chi connectivity index (χ0) is 16.3. The average Bonchev–Trinajstić information content (AvgIpc) is 2.76. The van der Waals surface area contributed by atoms with Gasteiger partial charge < -0.3 is 10.3 Å². The highest BCUT2D eigenvalue weighted by atomic mass is 32.2. The number of nitrogens with two attached hydrogens (primary N) is 1. The van der Waals surface area contributed by atoms with E-state index in [1.807, 2.05) is 6.92 Å². The molecule has 1 heterocycles. The van der Waals surface area contributed by atoms with E-state index in [-0.39, 0.29) is 5.92 Å². The molecule has 0 bridgehead atoms. The lowest BCUT2D eigenvalue weighted by Crippen LogP contribution is -2.09. The van der Waals surface area contributed by atoms with Crippen molar-refractivity contribution in [3.8, 4) is 0 Å². The molecule has 2 aromatic rings. The molecule has 0 atom stereocenters. The summed E-state index contributed by atoms with van der Waals surface area (Å²) in [6.45, 7) is 7.42. The first-order valence-electron chi connectivity index (χ1n) is 7.39. The smallest absolute Gasteiger partial charge is 0.127 e. The lowest BCUT2D eigenvalue weighted by molar-refractivity contribution is 0.577. The lowest BCUT2D eigenvalue weighted by atomic mass is 10.1. The van der Waals surface area contributed by atoms with E-state index < -0.39 is 11.6 Å². The topological polar surface area (TPSA) is 43.8 Å². The molecule has 1 aromatic heterocycles. The molecule has 0 saturated heterocycles. The van der Waals surface area contributed by atoms with Gasteiger partial charge in [-0.05, 0) is 31.5 Å². The van der Waals surface area contributed by atoms with Gasteiger partial charge in [0.2, 0.25) is 0 Å². The van der Waals surface area contributed by atoms with E-state index in [9.17, 15) is 8.78 Å². The van der Waals surface area contributed by atoms with E-state index >= 15 is 0 Å². The van der Waals surface area contributed by atoms with Crippen molar-refractivity contribution in [3.63, 3.8) is 0 Å². The zero-order valence-corrected chi connectivity index (χ0v) is 13.9. The number of aromatic nitrogens is 2. The molecule has 0 amide bonds. The minimum atomic E-state index is -0.571. The van der Waals surface area contributed by atoms with Crippen molar-refractivity contribution in [2.24, 2.45) is 5.73 Å². The highest BCUT2D eigenvalue weighted by molar-refractivity contribution is 7.99. The zero-order valence-electron chi connectivity index (χ0n) is 13.1. The van der Waals surface area contributed by atoms with Crippen LogP contribution in [0.3, 0.4) is 0 Å². The van der Waals surface area contributed by atoms with Crippen LogP contribution >= 0.6 is 11.8 Å². The number of halogens is 2. The van der Waals surface area contributed by atoms with Gasteiger partial charge in [-0.3, -0.25) is 0 Å². The van der Waals surface area contributed by atoms with Crippen LogP contribution in [0, 0.1) is 11.6 Å². The van der Waals surface area contributed by atoms with Gasteiger partial charge >= 0.3 is 0 Å². The van der Waals surface area contributed by atoms with E-state index in [0.29, 0.717) is 17.9 Å². The minimum Gasteiger partial charge on any atom is -0.330 e. The van der Waals surface area contributed by atoms with Crippen LogP contribution in [0.25, 0.3) is 0 Å². The number of nitrogens with zero attached hydrogens (tertiary/aromatic N) is 2. The van der Waals surface area contributed by atoms with Crippen LogP contribution in [0.15, 0.2) is 28.1 Å². The third-order valence-electron chi connectivity index (χ3n) is 3.31. The van der Waals surface area contributed by atoms with Crippen LogP contribution in [-0.2, 0) is 13.0 Å². The summed E-state index contributed by atoms with van der Waals surface area (Å²) in [5.41, 5.74) is 6.60. The normalized spacial score (nSPS) is 11.4. The van der Waals surface area contributed by atoms with Crippen molar-refractivity contribution in [1.82, 2.24) is 9.55 Å². The van der Waals surface area contributed by atoms with Crippen LogP contribution in [-0.4, -0.2) is 16.1 Å². The summed E-state index contributed by atoms with van der Waals surface area (Å²) in [6, 6.07) is 3.56. The van der Waals surface area contributed by atoms with Gasteiger partial charge in [-0.2, -0.15) is 0 Å². The Balaban J connectivity index is 2.47. The third kappa shape index (κ3) is 3.67. The molecule has 6 heteroatoms. The summed E-state index contributed by atoms with van der Waals surface area (Å²) in [5.74, 6) is 0.00925. The second-order valence-electron chi connectivity index (χ2n) is 5.36. The second-order valence-corrected chi connectivity index (χ2v) is 6.43. The van der Waals surface area contributed by atoms with E-state index in [2.05, 4.69) is 23.4 Å². The number of benzene rings is 1. The summed E-state index contributed by atoms with van der Waals surface area (Å²) in [5, 5.41) is 0.936. The van der Waals surface area contributed by atoms with Gasteiger partial charge in [0, 0.05) is 23.9 Å². The predicted octanol–water partition coefficient (Wildman–Crippen LogP) is 3.96. The number of imidazole rings is 1. The highest BCUT2D eigenvalue weighted by Crippen LogP contribution is 2.35. The molecule has 0 unspecified atom stereocenters. The molecule has 0 aliphatic carbocycles. The van der Waals surface area contributed by atoms with Gasteiger partial charge in [0.1, 0.15) is 22.5 Å². The Morgan fingerprint density at radius 1 is 1.23 bits per heavy atom. The number of hydrogen-bond donors (Lipinski definition) is 1. The summed E-state index contributed by atoms with van der Waals surface area (Å²) < 4.78 is 28.9. The lowest BCUT2D eigenvalue weighted by Gasteiger charge is -2.11. The fourth-order valence-corrected chi connectivity index (χ4v) is 3.63. The van der Waals surface area contributed by atoms with Crippen LogP contribution in [0.5, 0.6) is 0 Å². The van der Waals surface area contributed by atoms with Gasteiger partial charge in [0.15, 0.2) is 0 Å². The summed E-state index contributed by atoms with van der Waals surface area (Å²) in [4.78, 5) is 5.22. The molecule has 0 aliphatic rings. The Labute approximate surface area is 133 Å². The van der Waals surface area contributed by atoms with Gasteiger partial charge in [0.25, 0.3) is 0 Å². The van der Waals surface area contributed by atoms with Crippen molar-refractivity contribution < 1.29 is 8.78 Å². The Kier molecular flexibility index (Phi) is 5.58. The number of hydrogen-bond acceptors (Lipinski definition) is 3. The van der Waals surface area contributed by atoms with E-state index in [4.69, 9.17) is 5.73 Å². The first-order chi connectivity index (χ1) is 10.5. The monoisotopic (exact) mass is 325 g/mol. The second kappa shape index (κ2) is 7.24. The SMILES string of the molecule is CCn1c(CCN)nc(C(C)C)c1Sc1cc(F)cc(F)c1. The van der Waals surface area contributed by atoms with Gasteiger partial charge in [0.05, 0.1) is 5.69 Å². The van der Waals surface area contributed by atoms with Gasteiger partial charge in [-0.1, -0.05) is 25.6 Å². The molecule has 2 rings (SSSR count). The maximum atomic E-state index is 13.4. The predicted molar refractivity (Wildman–Crippen MR) is 85.2 cm³/mol. The molecule has 1 aromatic carbocycles. The molecule has 0 saturated carbocycles. The maximum absolute atomic E-state index is 13.4. The molecule has 3 nitrogen and oxygen atoms in total. The van der Waals surface area contributed by atoms with Crippen LogP contribution in [0.1, 0.15) is 38.2 Å². The van der Waals surface area contributed by atoms with Crippen LogP contribution in [0.2, 0.25) is 0 Å². The third-order valence-corrected chi connectivity index (χ3v) is 4.40. The standard InChI is InChI=1S/C16H21F2N3S/c1-4-21-14(5-6-19)20-15(10(2)3)16(21)22-13-8-11(17)7-12(18)9-13/h7-10H,4-6,19H2,1-3H3. The van der Waals surface area contributed by atoms with E-state index in [1.54, 1.807) is 0 Å². The molecule has 0 radical (unpaired) electrons. The summed E-state index contributed by atoms with van der Waals surface area (Å²) in [7, 11) is 0. The first-order valence-corrected chi connectivity index (χ1v) is 8.21. The van der Waals surface area contributed by atoms with Crippen molar-refractivity contribution in [2.75, 3.05) is 6.54 Å².